The van der Waals surface area contributed by atoms with Crippen LogP contribution in [0.25, 0.3) is 11.2 Å². The second-order valence-electron chi connectivity index (χ2n) is 5.74. The maximum absolute atomic E-state index is 11.4. The van der Waals surface area contributed by atoms with Crippen molar-refractivity contribution in [3.8, 4) is 0 Å². The van der Waals surface area contributed by atoms with Crippen LogP contribution in [0.2, 0.25) is 0 Å². The van der Waals surface area contributed by atoms with E-state index in [1.807, 2.05) is 0 Å². The maximum Gasteiger partial charge on any atom is 0.332 e. The van der Waals surface area contributed by atoms with Crippen molar-refractivity contribution in [2.45, 2.75) is 24.7 Å². The smallest absolute Gasteiger partial charge is 0.332 e. The highest BCUT2D eigenvalue weighted by molar-refractivity contribution is 5.81. The normalized spacial score (nSPS) is 26.8. The van der Waals surface area contributed by atoms with Gasteiger partial charge in [0.1, 0.15) is 24.6 Å². The Bertz CT molecular complexity index is 735. The van der Waals surface area contributed by atoms with Gasteiger partial charge in [-0.15, -0.1) is 0 Å². The van der Waals surface area contributed by atoms with Crippen molar-refractivity contribution in [1.29, 1.82) is 0 Å². The van der Waals surface area contributed by atoms with E-state index < -0.39 is 30.1 Å². The number of esters is 1. The Balaban J connectivity index is 1.77. The number of carbonyl (C=O) groups is 1. The summed E-state index contributed by atoms with van der Waals surface area (Å²) in [6.07, 6.45) is 1.16. The van der Waals surface area contributed by atoms with Gasteiger partial charge in [-0.05, 0) is 6.42 Å². The van der Waals surface area contributed by atoms with Gasteiger partial charge in [0.05, 0.1) is 25.1 Å². The van der Waals surface area contributed by atoms with Gasteiger partial charge in [0.2, 0.25) is 0 Å². The summed E-state index contributed by atoms with van der Waals surface area (Å²) in [5, 5.41) is 20.6. The molecule has 1 aliphatic carbocycles. The number of anilines is 1. The number of methoxy groups -OCH3 is 1. The summed E-state index contributed by atoms with van der Waals surface area (Å²) in [4.78, 5) is 23.6. The molecule has 24 heavy (non-hydrogen) atoms. The van der Waals surface area contributed by atoms with Crippen molar-refractivity contribution in [2.75, 3.05) is 26.1 Å². The number of fused-ring (bicyclic) bond motifs is 1. The fraction of sp³-hybridized carbons (Fsp3) is 0.571. The SMILES string of the molecule is COCC(=O)OC[C@@H]1C[C@H](n2cnc3c(N)ncnc32)[C@H](O)[C@H]1O. The lowest BCUT2D eigenvalue weighted by Crippen LogP contribution is -2.31. The molecule has 2 aromatic heterocycles. The summed E-state index contributed by atoms with van der Waals surface area (Å²) in [6.45, 7) is -0.155. The molecule has 10 heteroatoms. The highest BCUT2D eigenvalue weighted by atomic mass is 16.6. The molecule has 1 aliphatic rings. The quantitative estimate of drug-likeness (QED) is 0.577. The third kappa shape index (κ3) is 2.90. The van der Waals surface area contributed by atoms with Crippen molar-refractivity contribution in [3.63, 3.8) is 0 Å². The average Bonchev–Trinajstić information content (AvgIpc) is 3.10. The molecule has 10 nitrogen and oxygen atoms in total. The minimum Gasteiger partial charge on any atom is -0.464 e. The molecule has 0 aromatic carbocycles. The minimum atomic E-state index is -1.04. The van der Waals surface area contributed by atoms with Gasteiger partial charge in [-0.3, -0.25) is 0 Å². The van der Waals surface area contributed by atoms with Crippen LogP contribution in [0.15, 0.2) is 12.7 Å². The second-order valence-corrected chi connectivity index (χ2v) is 5.74. The van der Waals surface area contributed by atoms with Crippen molar-refractivity contribution < 1.29 is 24.5 Å². The molecule has 2 aromatic rings. The fourth-order valence-electron chi connectivity index (χ4n) is 3.01. The number of ether oxygens (including phenoxy) is 2. The molecule has 1 saturated carbocycles. The van der Waals surface area contributed by atoms with Gasteiger partial charge >= 0.3 is 5.97 Å². The van der Waals surface area contributed by atoms with E-state index in [1.165, 1.54) is 19.8 Å². The number of hydrogen-bond acceptors (Lipinski definition) is 9. The van der Waals surface area contributed by atoms with Gasteiger partial charge in [-0.2, -0.15) is 0 Å². The van der Waals surface area contributed by atoms with Crippen molar-refractivity contribution >= 4 is 23.0 Å². The van der Waals surface area contributed by atoms with Crippen LogP contribution in [0.1, 0.15) is 12.5 Å². The number of nitrogens with two attached hydrogens (primary N) is 1. The lowest BCUT2D eigenvalue weighted by Gasteiger charge is -2.18. The third-order valence-corrected chi connectivity index (χ3v) is 4.24. The van der Waals surface area contributed by atoms with Gasteiger partial charge in [-0.1, -0.05) is 0 Å². The van der Waals surface area contributed by atoms with Gasteiger partial charge in [0.25, 0.3) is 0 Å². The Hall–Kier alpha value is -2.30. The lowest BCUT2D eigenvalue weighted by molar-refractivity contribution is -0.150. The Labute approximate surface area is 137 Å². The van der Waals surface area contributed by atoms with E-state index in [1.54, 1.807) is 4.57 Å². The van der Waals surface area contributed by atoms with Crippen LogP contribution < -0.4 is 5.73 Å². The summed E-state index contributed by atoms with van der Waals surface area (Å²) in [7, 11) is 1.39. The molecule has 4 atom stereocenters. The highest BCUT2D eigenvalue weighted by Gasteiger charge is 2.43. The number of rotatable bonds is 5. The topological polar surface area (TPSA) is 146 Å². The molecule has 0 unspecified atom stereocenters. The number of aliphatic hydroxyl groups is 2. The first-order valence-corrected chi connectivity index (χ1v) is 7.46. The average molecular weight is 337 g/mol. The van der Waals surface area contributed by atoms with Crippen LogP contribution in [-0.4, -0.2) is 68.2 Å². The molecule has 0 bridgehead atoms. The van der Waals surface area contributed by atoms with E-state index in [9.17, 15) is 15.0 Å². The van der Waals surface area contributed by atoms with E-state index in [4.69, 9.17) is 10.5 Å². The van der Waals surface area contributed by atoms with Gasteiger partial charge in [0, 0.05) is 13.0 Å². The number of aliphatic hydroxyl groups excluding tert-OH is 2. The number of nitrogen functional groups attached to an aromatic ring is 1. The summed E-state index contributed by atoms with van der Waals surface area (Å²) in [5.74, 6) is -0.671. The van der Waals surface area contributed by atoms with Crippen molar-refractivity contribution in [3.05, 3.63) is 12.7 Å². The predicted octanol–water partition coefficient (Wildman–Crippen LogP) is -1.12. The molecule has 3 rings (SSSR count). The van der Waals surface area contributed by atoms with Gasteiger partial charge < -0.3 is 30.0 Å². The van der Waals surface area contributed by atoms with Crippen LogP contribution >= 0.6 is 0 Å². The number of carbonyl (C=O) groups excluding carboxylic acids is 1. The number of aromatic nitrogens is 4. The van der Waals surface area contributed by atoms with E-state index in [0.717, 1.165) is 0 Å². The summed E-state index contributed by atoms with van der Waals surface area (Å²) < 4.78 is 11.4. The Kier molecular flexibility index (Phi) is 4.60. The predicted molar refractivity (Wildman–Crippen MR) is 81.7 cm³/mol. The molecule has 0 radical (unpaired) electrons. The molecule has 2 heterocycles. The lowest BCUT2D eigenvalue weighted by atomic mass is 10.1. The Morgan fingerprint density at radius 1 is 1.38 bits per heavy atom. The molecular formula is C14H19N5O5. The fourth-order valence-corrected chi connectivity index (χ4v) is 3.01. The molecular weight excluding hydrogens is 318 g/mol. The largest absolute Gasteiger partial charge is 0.464 e. The monoisotopic (exact) mass is 337 g/mol. The molecule has 0 saturated heterocycles. The first-order valence-electron chi connectivity index (χ1n) is 7.46. The molecule has 0 spiro atoms. The van der Waals surface area contributed by atoms with Gasteiger partial charge in [-0.25, -0.2) is 19.7 Å². The van der Waals surface area contributed by atoms with Gasteiger partial charge in [0.15, 0.2) is 11.5 Å². The first kappa shape index (κ1) is 16.6. The zero-order valence-electron chi connectivity index (χ0n) is 13.1. The van der Waals surface area contributed by atoms with E-state index in [0.29, 0.717) is 17.6 Å². The number of hydrogen-bond donors (Lipinski definition) is 3. The maximum atomic E-state index is 11.4. The van der Waals surface area contributed by atoms with Crippen molar-refractivity contribution in [2.24, 2.45) is 5.92 Å². The van der Waals surface area contributed by atoms with Crippen LogP contribution in [-0.2, 0) is 14.3 Å². The molecule has 1 fully saturated rings. The standard InChI is InChI=1S/C14H19N5O5/c1-23-4-9(20)24-3-7-2-8(12(22)11(7)21)19-6-18-10-13(15)16-5-17-14(10)19/h5-8,11-12,21-22H,2-4H2,1H3,(H2,15,16,17)/t7-,8-,11-,12-/m0/s1. The van der Waals surface area contributed by atoms with E-state index in [2.05, 4.69) is 19.7 Å². The highest BCUT2D eigenvalue weighted by Crippen LogP contribution is 2.37. The molecule has 4 N–H and O–H groups in total. The Morgan fingerprint density at radius 3 is 2.92 bits per heavy atom. The van der Waals surface area contributed by atoms with Crippen LogP contribution in [0.3, 0.4) is 0 Å². The van der Waals surface area contributed by atoms with E-state index >= 15 is 0 Å². The number of nitrogens with zero attached hydrogens (tertiary/aromatic N) is 4. The number of imidazole rings is 1. The second kappa shape index (κ2) is 6.67. The third-order valence-electron chi connectivity index (χ3n) is 4.24. The van der Waals surface area contributed by atoms with Crippen LogP contribution in [0.4, 0.5) is 5.82 Å². The summed E-state index contributed by atoms with van der Waals surface area (Å²) >= 11 is 0. The van der Waals surface area contributed by atoms with Crippen LogP contribution in [0.5, 0.6) is 0 Å². The molecule has 0 aliphatic heterocycles. The Morgan fingerprint density at radius 2 is 2.17 bits per heavy atom. The summed E-state index contributed by atoms with van der Waals surface area (Å²) in [6, 6.07) is -0.453. The first-order chi connectivity index (χ1) is 11.5. The molecule has 130 valence electrons. The van der Waals surface area contributed by atoms with Crippen LogP contribution in [0, 0.1) is 5.92 Å². The zero-order valence-corrected chi connectivity index (χ0v) is 13.1. The van der Waals surface area contributed by atoms with Crippen molar-refractivity contribution in [1.82, 2.24) is 19.5 Å². The summed E-state index contributed by atoms with van der Waals surface area (Å²) in [5.41, 5.74) is 6.68. The molecule has 0 amide bonds. The minimum absolute atomic E-state index is 0.000667. The zero-order chi connectivity index (χ0) is 17.3. The van der Waals surface area contributed by atoms with E-state index in [-0.39, 0.29) is 19.0 Å².